The molecule has 0 saturated carbocycles. The number of halogens is 1. The van der Waals surface area contributed by atoms with Crippen molar-refractivity contribution in [2.75, 3.05) is 24.7 Å². The minimum atomic E-state index is -3.49. The van der Waals surface area contributed by atoms with E-state index >= 15 is 0 Å². The molecule has 1 heterocycles. The van der Waals surface area contributed by atoms with E-state index in [-0.39, 0.29) is 0 Å². The molecule has 1 fully saturated rings. The Kier molecular flexibility index (Phi) is 4.75. The van der Waals surface area contributed by atoms with E-state index in [0.717, 1.165) is 16.3 Å². The van der Waals surface area contributed by atoms with Gasteiger partial charge in [-0.05, 0) is 50.6 Å². The summed E-state index contributed by atoms with van der Waals surface area (Å²) in [5, 5.41) is 5.85. The number of piperidine rings is 1. The molecule has 1 amide bonds. The van der Waals surface area contributed by atoms with Gasteiger partial charge < -0.3 is 10.6 Å². The number of carbonyl (C=O) groups excluding carboxylic acids is 1. The SMILES string of the molecule is Cc1ccc(NC(=O)C2(S(C)(=O)=O)CCNCC2)cc1Br. The van der Waals surface area contributed by atoms with Gasteiger partial charge in [0, 0.05) is 16.4 Å². The van der Waals surface area contributed by atoms with Gasteiger partial charge >= 0.3 is 0 Å². The molecule has 0 atom stereocenters. The van der Waals surface area contributed by atoms with Gasteiger partial charge in [-0.2, -0.15) is 0 Å². The quantitative estimate of drug-likeness (QED) is 0.846. The van der Waals surface area contributed by atoms with Crippen molar-refractivity contribution in [1.82, 2.24) is 5.32 Å². The average molecular weight is 375 g/mol. The van der Waals surface area contributed by atoms with Gasteiger partial charge in [0.1, 0.15) is 0 Å². The lowest BCUT2D eigenvalue weighted by Crippen LogP contribution is -2.55. The van der Waals surface area contributed by atoms with Crippen LogP contribution in [0.4, 0.5) is 5.69 Å². The number of carbonyl (C=O) groups is 1. The number of amides is 1. The average Bonchev–Trinajstić information content (AvgIpc) is 2.42. The smallest absolute Gasteiger partial charge is 0.245 e. The van der Waals surface area contributed by atoms with Crippen LogP contribution in [-0.4, -0.2) is 38.4 Å². The van der Waals surface area contributed by atoms with E-state index in [0.29, 0.717) is 31.6 Å². The van der Waals surface area contributed by atoms with E-state index in [4.69, 9.17) is 0 Å². The van der Waals surface area contributed by atoms with E-state index in [9.17, 15) is 13.2 Å². The Bertz CT molecular complexity index is 652. The molecule has 5 nitrogen and oxygen atoms in total. The summed E-state index contributed by atoms with van der Waals surface area (Å²) in [4.78, 5) is 12.6. The van der Waals surface area contributed by atoms with Crippen molar-refractivity contribution >= 4 is 37.4 Å². The first kappa shape index (κ1) is 16.5. The second-order valence-corrected chi connectivity index (χ2v) is 8.61. The summed E-state index contributed by atoms with van der Waals surface area (Å²) in [6.07, 6.45) is 1.73. The number of nitrogens with one attached hydrogen (secondary N) is 2. The Morgan fingerprint density at radius 2 is 1.95 bits per heavy atom. The van der Waals surface area contributed by atoms with Crippen LogP contribution in [0.15, 0.2) is 22.7 Å². The number of hydrogen-bond acceptors (Lipinski definition) is 4. The highest BCUT2D eigenvalue weighted by Gasteiger charge is 2.48. The standard InChI is InChI=1S/C14H19BrN2O3S/c1-10-3-4-11(9-12(10)15)17-13(18)14(21(2,19)20)5-7-16-8-6-14/h3-4,9,16H,5-8H2,1-2H3,(H,17,18). The summed E-state index contributed by atoms with van der Waals surface area (Å²) in [6.45, 7) is 3.00. The molecule has 0 aromatic heterocycles. The lowest BCUT2D eigenvalue weighted by Gasteiger charge is -2.34. The topological polar surface area (TPSA) is 75.3 Å². The van der Waals surface area contributed by atoms with Crippen LogP contribution in [0.2, 0.25) is 0 Å². The molecule has 0 radical (unpaired) electrons. The molecule has 7 heteroatoms. The van der Waals surface area contributed by atoms with Gasteiger partial charge in [0.25, 0.3) is 0 Å². The number of sulfone groups is 1. The van der Waals surface area contributed by atoms with Crippen LogP contribution in [0.1, 0.15) is 18.4 Å². The van der Waals surface area contributed by atoms with Crippen LogP contribution >= 0.6 is 15.9 Å². The van der Waals surface area contributed by atoms with Crippen LogP contribution in [0.3, 0.4) is 0 Å². The Morgan fingerprint density at radius 3 is 2.48 bits per heavy atom. The van der Waals surface area contributed by atoms with E-state index in [1.165, 1.54) is 0 Å². The highest BCUT2D eigenvalue weighted by atomic mass is 79.9. The summed E-state index contributed by atoms with van der Waals surface area (Å²) >= 11 is 3.41. The molecule has 1 aliphatic heterocycles. The van der Waals surface area contributed by atoms with Crippen molar-refractivity contribution in [2.24, 2.45) is 0 Å². The van der Waals surface area contributed by atoms with Gasteiger partial charge in [-0.3, -0.25) is 4.79 Å². The Hall–Kier alpha value is -0.920. The first-order chi connectivity index (χ1) is 9.76. The zero-order chi connectivity index (χ0) is 15.7. The maximum atomic E-state index is 12.6. The van der Waals surface area contributed by atoms with E-state index in [2.05, 4.69) is 26.6 Å². The van der Waals surface area contributed by atoms with Crippen LogP contribution in [0.5, 0.6) is 0 Å². The monoisotopic (exact) mass is 374 g/mol. The van der Waals surface area contributed by atoms with Crippen molar-refractivity contribution in [3.05, 3.63) is 28.2 Å². The molecular weight excluding hydrogens is 356 g/mol. The number of rotatable bonds is 3. The zero-order valence-electron chi connectivity index (χ0n) is 12.1. The summed E-state index contributed by atoms with van der Waals surface area (Å²) in [5.41, 5.74) is 1.65. The number of hydrogen-bond donors (Lipinski definition) is 2. The molecule has 2 rings (SSSR count). The first-order valence-corrected chi connectivity index (χ1v) is 9.43. The van der Waals surface area contributed by atoms with Gasteiger partial charge in [0.2, 0.25) is 5.91 Å². The van der Waals surface area contributed by atoms with Crippen LogP contribution in [0.25, 0.3) is 0 Å². The molecule has 0 aliphatic carbocycles. The van der Waals surface area contributed by atoms with Gasteiger partial charge in [0.15, 0.2) is 14.6 Å². The van der Waals surface area contributed by atoms with Crippen molar-refractivity contribution in [2.45, 2.75) is 24.5 Å². The van der Waals surface area contributed by atoms with Gasteiger partial charge in [-0.25, -0.2) is 8.42 Å². The summed E-state index contributed by atoms with van der Waals surface area (Å²) in [7, 11) is -3.49. The minimum absolute atomic E-state index is 0.296. The summed E-state index contributed by atoms with van der Waals surface area (Å²) in [6, 6.07) is 5.43. The molecule has 2 N–H and O–H groups in total. The Balaban J connectivity index is 2.29. The largest absolute Gasteiger partial charge is 0.325 e. The van der Waals surface area contributed by atoms with Crippen molar-refractivity contribution < 1.29 is 13.2 Å². The van der Waals surface area contributed by atoms with Crippen LogP contribution in [-0.2, 0) is 14.6 Å². The molecule has 0 unspecified atom stereocenters. The number of anilines is 1. The molecule has 1 aliphatic rings. The van der Waals surface area contributed by atoms with Crippen molar-refractivity contribution in [1.29, 1.82) is 0 Å². The molecule has 1 aromatic carbocycles. The molecule has 21 heavy (non-hydrogen) atoms. The minimum Gasteiger partial charge on any atom is -0.325 e. The third kappa shape index (κ3) is 3.30. The fourth-order valence-electron chi connectivity index (χ4n) is 2.51. The third-order valence-electron chi connectivity index (χ3n) is 3.96. The third-order valence-corrected chi connectivity index (χ3v) is 6.83. The normalized spacial score (nSPS) is 18.2. The lowest BCUT2D eigenvalue weighted by molar-refractivity contribution is -0.119. The van der Waals surface area contributed by atoms with Gasteiger partial charge in [-0.1, -0.05) is 22.0 Å². The molecule has 1 aromatic rings. The maximum absolute atomic E-state index is 12.6. The van der Waals surface area contributed by atoms with Crippen molar-refractivity contribution in [3.8, 4) is 0 Å². The highest BCUT2D eigenvalue weighted by Crippen LogP contribution is 2.30. The summed E-state index contributed by atoms with van der Waals surface area (Å²) < 4.78 is 23.9. The molecule has 0 bridgehead atoms. The molecular formula is C14H19BrN2O3S. The number of aryl methyl sites for hydroxylation is 1. The Labute approximate surface area is 133 Å². The van der Waals surface area contributed by atoms with E-state index in [1.54, 1.807) is 12.1 Å². The predicted molar refractivity (Wildman–Crippen MR) is 87.2 cm³/mol. The molecule has 0 spiro atoms. The Morgan fingerprint density at radius 1 is 1.33 bits per heavy atom. The maximum Gasteiger partial charge on any atom is 0.245 e. The molecule has 116 valence electrons. The van der Waals surface area contributed by atoms with Gasteiger partial charge in [0.05, 0.1) is 0 Å². The number of benzene rings is 1. The van der Waals surface area contributed by atoms with Crippen molar-refractivity contribution in [3.63, 3.8) is 0 Å². The second kappa shape index (κ2) is 6.06. The van der Waals surface area contributed by atoms with E-state index < -0.39 is 20.5 Å². The second-order valence-electron chi connectivity index (χ2n) is 5.43. The van der Waals surface area contributed by atoms with E-state index in [1.807, 2.05) is 13.0 Å². The first-order valence-electron chi connectivity index (χ1n) is 6.74. The lowest BCUT2D eigenvalue weighted by atomic mass is 9.95. The fourth-order valence-corrected chi connectivity index (χ4v) is 4.22. The van der Waals surface area contributed by atoms with Gasteiger partial charge in [-0.15, -0.1) is 0 Å². The zero-order valence-corrected chi connectivity index (χ0v) is 14.5. The fraction of sp³-hybridized carbons (Fsp3) is 0.500. The highest BCUT2D eigenvalue weighted by molar-refractivity contribution is 9.10. The summed E-state index contributed by atoms with van der Waals surface area (Å²) in [5.74, 6) is -0.442. The predicted octanol–water partition coefficient (Wildman–Crippen LogP) is 1.86. The van der Waals surface area contributed by atoms with Crippen LogP contribution in [0, 0.1) is 6.92 Å². The van der Waals surface area contributed by atoms with Crippen LogP contribution < -0.4 is 10.6 Å². The molecule has 1 saturated heterocycles.